The van der Waals surface area contributed by atoms with Crippen LogP contribution in [-0.4, -0.2) is 18.9 Å². The van der Waals surface area contributed by atoms with Gasteiger partial charge in [-0.2, -0.15) is 0 Å². The van der Waals surface area contributed by atoms with Crippen molar-refractivity contribution in [1.82, 2.24) is 5.32 Å². The molecular formula is C11H25NO. The molecule has 0 spiro atoms. The van der Waals surface area contributed by atoms with Crippen molar-refractivity contribution < 1.29 is 4.79 Å². The zero-order valence-electron chi connectivity index (χ0n) is 9.81. The highest BCUT2D eigenvalue weighted by Crippen LogP contribution is 2.11. The smallest absolute Gasteiger partial charge is 0.130 e. The summed E-state index contributed by atoms with van der Waals surface area (Å²) in [4.78, 5) is 10.6. The average Bonchev–Trinajstić information content (AvgIpc) is 2.63. The standard InChI is InChI=1S/C7H13NO.2C2H6/c1-6(9)4-7-2-3-8-5-7;2*1-2/h7-8H,2-5H2,1H3;2*1-2H3. The van der Waals surface area contributed by atoms with Gasteiger partial charge in [-0.15, -0.1) is 0 Å². The van der Waals surface area contributed by atoms with E-state index in [9.17, 15) is 4.79 Å². The van der Waals surface area contributed by atoms with Crippen LogP contribution in [0.5, 0.6) is 0 Å². The topological polar surface area (TPSA) is 29.1 Å². The van der Waals surface area contributed by atoms with Crippen molar-refractivity contribution in [2.24, 2.45) is 5.92 Å². The van der Waals surface area contributed by atoms with E-state index in [0.717, 1.165) is 19.5 Å². The van der Waals surface area contributed by atoms with Crippen LogP contribution >= 0.6 is 0 Å². The number of Topliss-reactive ketones (excluding diaryl/α,β-unsaturated/α-hetero) is 1. The predicted octanol–water partition coefficient (Wildman–Crippen LogP) is 2.63. The molecule has 0 radical (unpaired) electrons. The fourth-order valence-electron chi connectivity index (χ4n) is 1.30. The van der Waals surface area contributed by atoms with Crippen molar-refractivity contribution in [3.63, 3.8) is 0 Å². The van der Waals surface area contributed by atoms with Crippen molar-refractivity contribution in [1.29, 1.82) is 0 Å². The maximum absolute atomic E-state index is 10.6. The molecule has 1 aliphatic heterocycles. The molecule has 0 aromatic rings. The molecule has 0 bridgehead atoms. The number of rotatable bonds is 2. The van der Waals surface area contributed by atoms with Crippen LogP contribution < -0.4 is 5.32 Å². The summed E-state index contributed by atoms with van der Waals surface area (Å²) >= 11 is 0. The lowest BCUT2D eigenvalue weighted by atomic mass is 10.0. The average molecular weight is 187 g/mol. The molecule has 2 heteroatoms. The SMILES string of the molecule is CC.CC.CC(=O)CC1CCNC1. The number of nitrogens with one attached hydrogen (secondary N) is 1. The first-order valence-corrected chi connectivity index (χ1v) is 5.49. The molecule has 0 amide bonds. The normalized spacial score (nSPS) is 19.3. The second-order valence-corrected chi connectivity index (χ2v) is 2.76. The van der Waals surface area contributed by atoms with Crippen LogP contribution in [0.25, 0.3) is 0 Å². The molecule has 1 saturated heterocycles. The third-order valence-corrected chi connectivity index (χ3v) is 1.74. The van der Waals surface area contributed by atoms with Crippen LogP contribution in [0, 0.1) is 5.92 Å². The predicted molar refractivity (Wildman–Crippen MR) is 59.0 cm³/mol. The number of carbonyl (C=O) groups excluding carboxylic acids is 1. The summed E-state index contributed by atoms with van der Waals surface area (Å²) in [6.45, 7) is 11.8. The van der Waals surface area contributed by atoms with Gasteiger partial charge in [0.25, 0.3) is 0 Å². The van der Waals surface area contributed by atoms with Gasteiger partial charge in [-0.25, -0.2) is 0 Å². The first-order chi connectivity index (χ1) is 6.29. The fourth-order valence-corrected chi connectivity index (χ4v) is 1.30. The van der Waals surface area contributed by atoms with Crippen LogP contribution in [-0.2, 0) is 4.79 Å². The van der Waals surface area contributed by atoms with Crippen molar-refractivity contribution >= 4 is 5.78 Å². The third-order valence-electron chi connectivity index (χ3n) is 1.74. The Morgan fingerprint density at radius 2 is 1.85 bits per heavy atom. The van der Waals surface area contributed by atoms with E-state index in [1.54, 1.807) is 6.92 Å². The van der Waals surface area contributed by atoms with E-state index >= 15 is 0 Å². The molecule has 2 nitrogen and oxygen atoms in total. The summed E-state index contributed by atoms with van der Waals surface area (Å²) < 4.78 is 0. The molecule has 1 heterocycles. The minimum atomic E-state index is 0.323. The summed E-state index contributed by atoms with van der Waals surface area (Å²) in [7, 11) is 0. The number of hydrogen-bond acceptors (Lipinski definition) is 2. The van der Waals surface area contributed by atoms with E-state index in [-0.39, 0.29) is 0 Å². The van der Waals surface area contributed by atoms with Gasteiger partial charge in [-0.1, -0.05) is 27.7 Å². The summed E-state index contributed by atoms with van der Waals surface area (Å²) in [6.07, 6.45) is 1.95. The van der Waals surface area contributed by atoms with Crippen molar-refractivity contribution in [3.8, 4) is 0 Å². The Kier molecular flexibility index (Phi) is 13.5. The first-order valence-electron chi connectivity index (χ1n) is 5.49. The molecule has 1 aliphatic rings. The Labute approximate surface area is 83.1 Å². The second-order valence-electron chi connectivity index (χ2n) is 2.76. The zero-order valence-corrected chi connectivity index (χ0v) is 9.81. The van der Waals surface area contributed by atoms with Gasteiger partial charge in [-0.3, -0.25) is 0 Å². The van der Waals surface area contributed by atoms with Gasteiger partial charge in [0.1, 0.15) is 5.78 Å². The van der Waals surface area contributed by atoms with E-state index in [4.69, 9.17) is 0 Å². The zero-order chi connectivity index (χ0) is 10.7. The van der Waals surface area contributed by atoms with Gasteiger partial charge in [0.15, 0.2) is 0 Å². The Hall–Kier alpha value is -0.370. The molecule has 13 heavy (non-hydrogen) atoms. The largest absolute Gasteiger partial charge is 0.316 e. The van der Waals surface area contributed by atoms with Crippen LogP contribution in [0.3, 0.4) is 0 Å². The maximum atomic E-state index is 10.6. The van der Waals surface area contributed by atoms with Crippen LogP contribution in [0.2, 0.25) is 0 Å². The first kappa shape index (κ1) is 15.1. The highest BCUT2D eigenvalue weighted by molar-refractivity contribution is 5.75. The molecule has 0 aliphatic carbocycles. The second kappa shape index (κ2) is 11.6. The van der Waals surface area contributed by atoms with Crippen molar-refractivity contribution in [2.75, 3.05) is 13.1 Å². The van der Waals surface area contributed by atoms with Crippen molar-refractivity contribution in [3.05, 3.63) is 0 Å². The van der Waals surface area contributed by atoms with Gasteiger partial charge in [0.2, 0.25) is 0 Å². The molecule has 0 saturated carbocycles. The van der Waals surface area contributed by atoms with E-state index < -0.39 is 0 Å². The Bertz CT molecular complexity index is 107. The summed E-state index contributed by atoms with van der Waals surface area (Å²) in [5.74, 6) is 0.950. The van der Waals surface area contributed by atoms with E-state index in [2.05, 4.69) is 5.32 Å². The molecule has 0 aromatic heterocycles. The number of hydrogen-bond donors (Lipinski definition) is 1. The summed E-state index contributed by atoms with van der Waals surface area (Å²) in [6, 6.07) is 0. The molecule has 1 unspecified atom stereocenters. The van der Waals surface area contributed by atoms with E-state index in [0.29, 0.717) is 11.7 Å². The quantitative estimate of drug-likeness (QED) is 0.720. The van der Waals surface area contributed by atoms with Crippen LogP contribution in [0.4, 0.5) is 0 Å². The Morgan fingerprint density at radius 1 is 1.31 bits per heavy atom. The number of ketones is 1. The molecular weight excluding hydrogens is 162 g/mol. The summed E-state index contributed by atoms with van der Waals surface area (Å²) in [5, 5.41) is 3.23. The molecule has 0 aromatic carbocycles. The minimum absolute atomic E-state index is 0.323. The Morgan fingerprint density at radius 3 is 2.15 bits per heavy atom. The highest BCUT2D eigenvalue weighted by Gasteiger charge is 2.15. The lowest BCUT2D eigenvalue weighted by molar-refractivity contribution is -0.117. The maximum Gasteiger partial charge on any atom is 0.130 e. The fraction of sp³-hybridized carbons (Fsp3) is 0.909. The highest BCUT2D eigenvalue weighted by atomic mass is 16.1. The lowest BCUT2D eigenvalue weighted by Gasteiger charge is -2.01. The molecule has 1 rings (SSSR count). The van der Waals surface area contributed by atoms with Gasteiger partial charge in [0, 0.05) is 6.42 Å². The van der Waals surface area contributed by atoms with Crippen LogP contribution in [0.15, 0.2) is 0 Å². The molecule has 1 fully saturated rings. The summed E-state index contributed by atoms with van der Waals surface area (Å²) in [5.41, 5.74) is 0. The monoisotopic (exact) mass is 187 g/mol. The molecule has 1 N–H and O–H groups in total. The van der Waals surface area contributed by atoms with Gasteiger partial charge in [0.05, 0.1) is 0 Å². The van der Waals surface area contributed by atoms with Gasteiger partial charge in [-0.05, 0) is 32.4 Å². The minimum Gasteiger partial charge on any atom is -0.316 e. The van der Waals surface area contributed by atoms with E-state index in [1.807, 2.05) is 27.7 Å². The number of carbonyl (C=O) groups is 1. The van der Waals surface area contributed by atoms with Gasteiger partial charge < -0.3 is 10.1 Å². The molecule has 1 atom stereocenters. The van der Waals surface area contributed by atoms with Crippen LogP contribution in [0.1, 0.15) is 47.5 Å². The van der Waals surface area contributed by atoms with Gasteiger partial charge >= 0.3 is 0 Å². The Balaban J connectivity index is 0. The third kappa shape index (κ3) is 9.54. The van der Waals surface area contributed by atoms with E-state index in [1.165, 1.54) is 6.42 Å². The lowest BCUT2D eigenvalue weighted by Crippen LogP contribution is -2.10. The molecule has 80 valence electrons. The van der Waals surface area contributed by atoms with Crippen molar-refractivity contribution in [2.45, 2.75) is 47.5 Å².